The van der Waals surface area contributed by atoms with Crippen molar-refractivity contribution in [1.29, 1.82) is 0 Å². The molecule has 1 saturated heterocycles. The van der Waals surface area contributed by atoms with Crippen LogP contribution in [0.4, 0.5) is 4.79 Å². The third kappa shape index (κ3) is 6.75. The molecule has 0 radical (unpaired) electrons. The van der Waals surface area contributed by atoms with Crippen molar-refractivity contribution >= 4 is 12.0 Å². The number of piperidine rings is 1. The number of unbranched alkanes of at least 4 members (excludes halogenated alkanes) is 2. The molecule has 1 atom stereocenters. The smallest absolute Gasteiger partial charge is 0.410 e. The Morgan fingerprint density at radius 2 is 2.03 bits per heavy atom. The van der Waals surface area contributed by atoms with Gasteiger partial charge in [-0.3, -0.25) is 9.48 Å². The normalized spacial score (nSPS) is 17.5. The molecule has 2 heterocycles. The second kappa shape index (κ2) is 10.1. The van der Waals surface area contributed by atoms with E-state index in [0.717, 1.165) is 38.6 Å². The molecule has 0 aromatic carbocycles. The third-order valence-electron chi connectivity index (χ3n) is 5.16. The first-order valence-corrected chi connectivity index (χ1v) is 11.0. The maximum absolute atomic E-state index is 13.0. The molecule has 7 nitrogen and oxygen atoms in total. The van der Waals surface area contributed by atoms with E-state index in [1.165, 1.54) is 0 Å². The number of hydrogen-bond acceptors (Lipinski definition) is 4. The van der Waals surface area contributed by atoms with E-state index in [-0.39, 0.29) is 24.1 Å². The highest BCUT2D eigenvalue weighted by Gasteiger charge is 2.29. The van der Waals surface area contributed by atoms with Crippen molar-refractivity contribution in [2.24, 2.45) is 0 Å². The highest BCUT2D eigenvalue weighted by atomic mass is 16.6. The van der Waals surface area contributed by atoms with E-state index in [9.17, 15) is 9.59 Å². The summed E-state index contributed by atoms with van der Waals surface area (Å²) < 4.78 is 7.35. The van der Waals surface area contributed by atoms with Crippen LogP contribution in [-0.4, -0.2) is 62.9 Å². The number of nitrogens with zero attached hydrogens (tertiary/aromatic N) is 4. The molecule has 0 unspecified atom stereocenters. The largest absolute Gasteiger partial charge is 0.444 e. The van der Waals surface area contributed by atoms with Crippen LogP contribution in [-0.2, 0) is 4.74 Å². The summed E-state index contributed by atoms with van der Waals surface area (Å²) in [6.07, 6.45) is 8.30. The third-order valence-corrected chi connectivity index (χ3v) is 5.16. The summed E-state index contributed by atoms with van der Waals surface area (Å²) in [6.45, 7) is 13.9. The molecular weight excluding hydrogens is 368 g/mol. The van der Waals surface area contributed by atoms with Gasteiger partial charge in [0, 0.05) is 31.9 Å². The Hall–Kier alpha value is -2.05. The lowest BCUT2D eigenvalue weighted by Crippen LogP contribution is -2.43. The minimum Gasteiger partial charge on any atom is -0.444 e. The highest BCUT2D eigenvalue weighted by molar-refractivity contribution is 5.93. The van der Waals surface area contributed by atoms with Gasteiger partial charge >= 0.3 is 6.09 Å². The topological polar surface area (TPSA) is 67.7 Å². The van der Waals surface area contributed by atoms with Gasteiger partial charge in [-0.2, -0.15) is 5.10 Å². The van der Waals surface area contributed by atoms with Crippen molar-refractivity contribution in [3.05, 3.63) is 18.0 Å². The first-order valence-electron chi connectivity index (χ1n) is 11.0. The first-order chi connectivity index (χ1) is 13.6. The van der Waals surface area contributed by atoms with Crippen LogP contribution >= 0.6 is 0 Å². The number of aromatic nitrogens is 2. The lowest BCUT2D eigenvalue weighted by Gasteiger charge is -2.34. The monoisotopic (exact) mass is 406 g/mol. The Bertz CT molecular complexity index is 678. The van der Waals surface area contributed by atoms with E-state index in [2.05, 4.69) is 12.0 Å². The Morgan fingerprint density at radius 3 is 2.66 bits per heavy atom. The van der Waals surface area contributed by atoms with Crippen molar-refractivity contribution < 1.29 is 14.3 Å². The molecular formula is C22H38N4O3. The highest BCUT2D eigenvalue weighted by Crippen LogP contribution is 2.23. The maximum atomic E-state index is 13.0. The van der Waals surface area contributed by atoms with Crippen molar-refractivity contribution in [2.75, 3.05) is 19.6 Å². The van der Waals surface area contributed by atoms with Crippen LogP contribution in [0.25, 0.3) is 0 Å². The molecule has 1 fully saturated rings. The Kier molecular flexibility index (Phi) is 8.11. The van der Waals surface area contributed by atoms with Gasteiger partial charge in [0.05, 0.1) is 17.8 Å². The number of amides is 2. The summed E-state index contributed by atoms with van der Waals surface area (Å²) in [5, 5.41) is 4.46. The van der Waals surface area contributed by atoms with E-state index in [0.29, 0.717) is 18.7 Å². The fraction of sp³-hybridized carbons (Fsp3) is 0.773. The van der Waals surface area contributed by atoms with Gasteiger partial charge in [0.2, 0.25) is 0 Å². The van der Waals surface area contributed by atoms with E-state index in [1.807, 2.05) is 50.4 Å². The van der Waals surface area contributed by atoms with Gasteiger partial charge in [0.25, 0.3) is 5.91 Å². The summed E-state index contributed by atoms with van der Waals surface area (Å²) in [7, 11) is 0. The predicted molar refractivity (Wildman–Crippen MR) is 114 cm³/mol. The molecule has 1 aromatic rings. The van der Waals surface area contributed by atoms with Crippen LogP contribution in [0.1, 0.15) is 90.0 Å². The summed E-state index contributed by atoms with van der Waals surface area (Å²) >= 11 is 0. The lowest BCUT2D eigenvalue weighted by molar-refractivity contribution is 0.0167. The Labute approximate surface area is 175 Å². The molecule has 0 aliphatic carbocycles. The van der Waals surface area contributed by atoms with Crippen LogP contribution in [0.15, 0.2) is 12.4 Å². The van der Waals surface area contributed by atoms with Gasteiger partial charge in [0.1, 0.15) is 5.60 Å². The first kappa shape index (κ1) is 23.2. The van der Waals surface area contributed by atoms with Crippen molar-refractivity contribution in [1.82, 2.24) is 19.6 Å². The zero-order chi connectivity index (χ0) is 21.6. The predicted octanol–water partition coefficient (Wildman–Crippen LogP) is 4.50. The molecule has 164 valence electrons. The summed E-state index contributed by atoms with van der Waals surface area (Å²) in [5.74, 6) is 0.0298. The van der Waals surface area contributed by atoms with E-state index < -0.39 is 5.60 Å². The maximum Gasteiger partial charge on any atom is 0.410 e. The number of carbonyl (C=O) groups is 2. The zero-order valence-corrected chi connectivity index (χ0v) is 19.0. The molecule has 1 aliphatic heterocycles. The van der Waals surface area contributed by atoms with Crippen molar-refractivity contribution in [3.63, 3.8) is 0 Å². The molecule has 7 heteroatoms. The van der Waals surface area contributed by atoms with Gasteiger partial charge < -0.3 is 14.5 Å². The quantitative estimate of drug-likeness (QED) is 0.626. The fourth-order valence-corrected chi connectivity index (χ4v) is 3.60. The zero-order valence-electron chi connectivity index (χ0n) is 19.0. The van der Waals surface area contributed by atoms with Gasteiger partial charge in [-0.1, -0.05) is 19.8 Å². The van der Waals surface area contributed by atoms with Crippen LogP contribution in [0.5, 0.6) is 0 Å². The molecule has 2 amide bonds. The summed E-state index contributed by atoms with van der Waals surface area (Å²) in [5.41, 5.74) is 0.109. The Balaban J connectivity index is 2.04. The SMILES string of the molecule is CCCCCN(C(=O)c1cnn([C@H]2CCCN(C(=O)OC(C)(C)C)C2)c1)C(C)C. The van der Waals surface area contributed by atoms with E-state index >= 15 is 0 Å². The van der Waals surface area contributed by atoms with Gasteiger partial charge in [-0.15, -0.1) is 0 Å². The fourth-order valence-electron chi connectivity index (χ4n) is 3.60. The van der Waals surface area contributed by atoms with Gasteiger partial charge in [-0.05, 0) is 53.9 Å². The van der Waals surface area contributed by atoms with Crippen molar-refractivity contribution in [3.8, 4) is 0 Å². The number of likely N-dealkylation sites (tertiary alicyclic amines) is 1. The molecule has 0 N–H and O–H groups in total. The molecule has 0 spiro atoms. The standard InChI is InChI=1S/C22H38N4O3/c1-7-8-9-13-25(17(2)3)20(27)18-14-23-26(15-18)19-11-10-12-24(16-19)21(28)29-22(4,5)6/h14-15,17,19H,7-13,16H2,1-6H3/t19-/m0/s1. The van der Waals surface area contributed by atoms with Gasteiger partial charge in [0.15, 0.2) is 0 Å². The number of ether oxygens (including phenoxy) is 1. The number of rotatable bonds is 7. The summed E-state index contributed by atoms with van der Waals surface area (Å²) in [4.78, 5) is 29.1. The summed E-state index contributed by atoms with van der Waals surface area (Å²) in [6, 6.07) is 0.213. The van der Waals surface area contributed by atoms with Crippen molar-refractivity contribution in [2.45, 2.75) is 91.3 Å². The van der Waals surface area contributed by atoms with E-state index in [1.54, 1.807) is 11.1 Å². The number of carbonyl (C=O) groups excluding carboxylic acids is 2. The lowest BCUT2D eigenvalue weighted by atomic mass is 10.1. The Morgan fingerprint density at radius 1 is 1.31 bits per heavy atom. The van der Waals surface area contributed by atoms with Crippen LogP contribution in [0, 0.1) is 0 Å². The second-order valence-corrected chi connectivity index (χ2v) is 9.23. The minimum absolute atomic E-state index is 0.0298. The second-order valence-electron chi connectivity index (χ2n) is 9.23. The van der Waals surface area contributed by atoms with Crippen LogP contribution < -0.4 is 0 Å². The molecule has 0 saturated carbocycles. The molecule has 1 aliphatic rings. The molecule has 29 heavy (non-hydrogen) atoms. The average Bonchev–Trinajstić information content (AvgIpc) is 3.13. The van der Waals surface area contributed by atoms with E-state index in [4.69, 9.17) is 4.74 Å². The molecule has 2 rings (SSSR count). The van der Waals surface area contributed by atoms with Crippen LogP contribution in [0.2, 0.25) is 0 Å². The number of hydrogen-bond donors (Lipinski definition) is 0. The molecule has 1 aromatic heterocycles. The minimum atomic E-state index is -0.507. The molecule has 0 bridgehead atoms. The average molecular weight is 407 g/mol. The van der Waals surface area contributed by atoms with Gasteiger partial charge in [-0.25, -0.2) is 4.79 Å². The van der Waals surface area contributed by atoms with Crippen LogP contribution in [0.3, 0.4) is 0 Å².